The van der Waals surface area contributed by atoms with Crippen LogP contribution in [0.1, 0.15) is 114 Å². The van der Waals surface area contributed by atoms with E-state index in [0.717, 1.165) is 12.0 Å². The van der Waals surface area contributed by atoms with Crippen LogP contribution in [0, 0.1) is 24.7 Å². The number of ether oxygens (including phenoxy) is 7. The third-order valence-electron chi connectivity index (χ3n) is 14.3. The van der Waals surface area contributed by atoms with E-state index in [0.29, 0.717) is 25.3 Å². The quantitative estimate of drug-likeness (QED) is 0.121. The van der Waals surface area contributed by atoms with Crippen molar-refractivity contribution in [3.8, 4) is 5.75 Å². The number of methoxy groups -OCH3 is 1. The van der Waals surface area contributed by atoms with Crippen LogP contribution in [0.2, 0.25) is 0 Å². The van der Waals surface area contributed by atoms with Crippen LogP contribution in [-0.4, -0.2) is 162 Å². The molecular weight excluding hydrogens is 811 g/mol. The number of hydrogen-bond acceptors (Lipinski definition) is 15. The molecule has 3 aliphatic heterocycles. The summed E-state index contributed by atoms with van der Waals surface area (Å²) in [7, 11) is 5.55. The first-order chi connectivity index (χ1) is 29.3. The van der Waals surface area contributed by atoms with Crippen LogP contribution in [0.15, 0.2) is 24.3 Å². The van der Waals surface area contributed by atoms with Crippen molar-refractivity contribution in [3.63, 3.8) is 0 Å². The lowest BCUT2D eigenvalue weighted by Crippen LogP contribution is -2.70. The van der Waals surface area contributed by atoms with Crippen LogP contribution in [0.4, 0.5) is 0 Å². The third-order valence-corrected chi connectivity index (χ3v) is 14.3. The number of benzene rings is 1. The van der Waals surface area contributed by atoms with E-state index in [9.17, 15) is 25.2 Å². The number of aryl methyl sites for hydroxylation is 1. The number of carbonyl (C=O) groups is 1. The predicted molar refractivity (Wildman–Crippen MR) is 241 cm³/mol. The van der Waals surface area contributed by atoms with Gasteiger partial charge in [0, 0.05) is 32.0 Å². The zero-order valence-corrected chi connectivity index (χ0v) is 41.1. The summed E-state index contributed by atoms with van der Waals surface area (Å²) in [5.74, 6) is -1.96. The summed E-state index contributed by atoms with van der Waals surface area (Å²) in [6, 6.07) is 7.09. The van der Waals surface area contributed by atoms with E-state index in [4.69, 9.17) is 33.2 Å². The molecule has 0 saturated carbocycles. The minimum atomic E-state index is -1.82. The molecule has 10 unspecified atom stereocenters. The second-order valence-corrected chi connectivity index (χ2v) is 20.1. The van der Waals surface area contributed by atoms with Crippen LogP contribution in [-0.2, 0) is 33.2 Å². The van der Waals surface area contributed by atoms with Gasteiger partial charge in [-0.2, -0.15) is 0 Å². The second kappa shape index (κ2) is 22.2. The predicted octanol–water partition coefficient (Wildman–Crippen LogP) is 4.32. The Bertz CT molecular complexity index is 1580. The van der Waals surface area contributed by atoms with Crippen molar-refractivity contribution in [2.75, 3.05) is 40.8 Å². The van der Waals surface area contributed by atoms with Gasteiger partial charge in [0.15, 0.2) is 18.7 Å². The molecule has 3 heterocycles. The summed E-state index contributed by atoms with van der Waals surface area (Å²) >= 11 is 0. The van der Waals surface area contributed by atoms with Crippen LogP contribution < -0.4 is 15.4 Å². The van der Waals surface area contributed by atoms with Gasteiger partial charge >= 0.3 is 5.97 Å². The monoisotopic (exact) mass is 896 g/mol. The van der Waals surface area contributed by atoms with E-state index in [1.807, 2.05) is 73.0 Å². The summed E-state index contributed by atoms with van der Waals surface area (Å²) < 4.78 is 46.3. The number of carbonyl (C=O) groups excluding carboxylic acids is 1. The van der Waals surface area contributed by atoms with Gasteiger partial charge in [-0.3, -0.25) is 4.79 Å². The molecule has 4 rings (SSSR count). The summed E-state index contributed by atoms with van der Waals surface area (Å²) in [6.07, 6.45) is -5.93. The van der Waals surface area contributed by atoms with E-state index in [1.54, 1.807) is 41.7 Å². The molecule has 1 aromatic rings. The molecule has 3 saturated heterocycles. The Morgan fingerprint density at radius 1 is 0.968 bits per heavy atom. The Kier molecular flexibility index (Phi) is 18.9. The highest BCUT2D eigenvalue weighted by Gasteiger charge is 2.58. The highest BCUT2D eigenvalue weighted by molar-refractivity contribution is 5.73. The first-order valence-corrected chi connectivity index (χ1v) is 23.4. The molecule has 1 aromatic carbocycles. The molecule has 0 radical (unpaired) electrons. The summed E-state index contributed by atoms with van der Waals surface area (Å²) in [4.78, 5) is 16.7. The molecule has 0 aromatic heterocycles. The number of nitrogens with zero attached hydrogens (tertiary/aromatic N) is 1. The van der Waals surface area contributed by atoms with Gasteiger partial charge in [0.1, 0.15) is 34.8 Å². The lowest BCUT2D eigenvalue weighted by molar-refractivity contribution is -0.335. The largest absolute Gasteiger partial charge is 0.483 e. The molecule has 0 spiro atoms. The number of nitrogens with one attached hydrogen (secondary N) is 2. The highest BCUT2D eigenvalue weighted by atomic mass is 16.7. The zero-order valence-electron chi connectivity index (χ0n) is 41.1. The molecule has 18 atom stereocenters. The molecule has 15 heteroatoms. The molecule has 6 N–H and O–H groups in total. The first-order valence-electron chi connectivity index (χ1n) is 23.4. The fourth-order valence-electron chi connectivity index (χ4n) is 10.2. The molecule has 3 aliphatic rings. The zero-order chi connectivity index (χ0) is 47.2. The number of rotatable bonds is 13. The fraction of sp³-hybridized carbons (Fsp3) is 0.854. The standard InChI is InChI=1S/C48H85N3O12/c1-16-21-49-27-48(56)34(9)59-38(25-46(48,11)57-15)62-39-31(6)42(63-44-40(36(51(13)14)23-30(5)58-44)60-35-20-18-19-28(3)22-35)45(10,54)24-29(4)26-50-33(8)41(52)47(12,55)37(17-2)61-43(53)32(39)7/h18-20,22,29-34,36-42,44,49-50,52,54-56H,16-17,21,23-27H2,1-15H3/t29?,30-,31?,32?,33?,34+,36+,37?,38+,39?,40-,41?,42?,44+,45?,46-,47?,48+/m1/s1. The average molecular weight is 896 g/mol. The van der Waals surface area contributed by atoms with Crippen molar-refractivity contribution in [2.45, 2.75) is 205 Å². The van der Waals surface area contributed by atoms with Gasteiger partial charge in [-0.15, -0.1) is 0 Å². The van der Waals surface area contributed by atoms with Gasteiger partial charge in [-0.25, -0.2) is 0 Å². The summed E-state index contributed by atoms with van der Waals surface area (Å²) in [6.45, 7) is 23.3. The smallest absolute Gasteiger partial charge is 0.311 e. The van der Waals surface area contributed by atoms with Crippen LogP contribution >= 0.6 is 0 Å². The Hall–Kier alpha value is -1.99. The maximum atomic E-state index is 14.6. The van der Waals surface area contributed by atoms with Gasteiger partial charge in [-0.05, 0) is 132 Å². The average Bonchev–Trinajstić information content (AvgIpc) is 3.21. The maximum Gasteiger partial charge on any atom is 0.311 e. The molecule has 0 bridgehead atoms. The minimum absolute atomic E-state index is 0.101. The normalized spacial score (nSPS) is 43.8. The van der Waals surface area contributed by atoms with Crippen molar-refractivity contribution in [1.29, 1.82) is 0 Å². The van der Waals surface area contributed by atoms with Gasteiger partial charge in [0.2, 0.25) is 0 Å². The molecule has 364 valence electrons. The molecule has 15 nitrogen and oxygen atoms in total. The van der Waals surface area contributed by atoms with Gasteiger partial charge in [-0.1, -0.05) is 39.8 Å². The van der Waals surface area contributed by atoms with Crippen LogP contribution in [0.3, 0.4) is 0 Å². The lowest BCUT2D eigenvalue weighted by atomic mass is 9.75. The van der Waals surface area contributed by atoms with Gasteiger partial charge in [0.05, 0.1) is 42.0 Å². The number of esters is 1. The second-order valence-electron chi connectivity index (χ2n) is 20.1. The Morgan fingerprint density at radius 3 is 2.25 bits per heavy atom. The van der Waals surface area contributed by atoms with E-state index >= 15 is 0 Å². The minimum Gasteiger partial charge on any atom is -0.483 e. The van der Waals surface area contributed by atoms with Crippen LogP contribution in [0.5, 0.6) is 5.75 Å². The number of aliphatic hydroxyl groups excluding tert-OH is 1. The Labute approximate surface area is 378 Å². The molecular formula is C48H85N3O12. The Balaban J connectivity index is 1.86. The molecule has 3 fully saturated rings. The van der Waals surface area contributed by atoms with E-state index in [2.05, 4.69) is 22.5 Å². The van der Waals surface area contributed by atoms with Gasteiger partial charge < -0.3 is 69.1 Å². The summed E-state index contributed by atoms with van der Waals surface area (Å²) in [5.41, 5.74) is -4.92. The van der Waals surface area contributed by atoms with Crippen LogP contribution in [0.25, 0.3) is 0 Å². The number of aliphatic hydroxyl groups is 4. The molecule has 0 aliphatic carbocycles. The number of hydrogen-bond donors (Lipinski definition) is 6. The fourth-order valence-corrected chi connectivity index (χ4v) is 10.2. The first kappa shape index (κ1) is 53.6. The topological polar surface area (TPSA) is 190 Å². The number of likely N-dealkylation sites (N-methyl/N-ethyl adjacent to an activating group) is 1. The highest BCUT2D eigenvalue weighted by Crippen LogP contribution is 2.43. The van der Waals surface area contributed by atoms with Crippen molar-refractivity contribution >= 4 is 5.97 Å². The number of cyclic esters (lactones) is 1. The van der Waals surface area contributed by atoms with Crippen molar-refractivity contribution in [2.24, 2.45) is 17.8 Å². The van der Waals surface area contributed by atoms with Gasteiger partial charge in [0.25, 0.3) is 0 Å². The SMILES string of the molecule is CCCNC[C@]1(O)[C@H](C)O[C@@H](OC2C(C)C(=O)OC(CC)C(C)(O)C(O)C(C)NCC(C)CC(C)(O)C(O[C@@H]3O[C@H](C)C[C@H](N(C)C)[C@H]3Oc3cccc(C)c3)C2C)C[C@@]1(C)OC. The lowest BCUT2D eigenvalue weighted by Gasteiger charge is -2.53. The molecule has 0 amide bonds. The Morgan fingerprint density at radius 2 is 1.65 bits per heavy atom. The van der Waals surface area contributed by atoms with E-state index in [-0.39, 0.29) is 43.9 Å². The maximum absolute atomic E-state index is 14.6. The van der Waals surface area contributed by atoms with E-state index in [1.165, 1.54) is 6.92 Å². The molecule has 63 heavy (non-hydrogen) atoms. The van der Waals surface area contributed by atoms with Crippen molar-refractivity contribution in [3.05, 3.63) is 29.8 Å². The van der Waals surface area contributed by atoms with Crippen molar-refractivity contribution in [1.82, 2.24) is 15.5 Å². The summed E-state index contributed by atoms with van der Waals surface area (Å²) in [5, 5.41) is 55.0. The third kappa shape index (κ3) is 12.5. The van der Waals surface area contributed by atoms with Crippen molar-refractivity contribution < 1.29 is 58.4 Å². The van der Waals surface area contributed by atoms with E-state index < -0.39 is 95.5 Å².